The van der Waals surface area contributed by atoms with E-state index in [1.54, 1.807) is 6.92 Å². The molecule has 76 valence electrons. The maximum absolute atomic E-state index is 12.7. The van der Waals surface area contributed by atoms with E-state index in [1.165, 1.54) is 18.2 Å². The largest absolute Gasteiger partial charge is 0.325 e. The molecule has 5 heteroatoms. The number of alkyl halides is 1. The minimum atomic E-state index is -0.640. The van der Waals surface area contributed by atoms with E-state index in [4.69, 9.17) is 23.2 Å². The van der Waals surface area contributed by atoms with Crippen molar-refractivity contribution in [2.45, 2.75) is 12.3 Å². The second-order valence-corrected chi connectivity index (χ2v) is 3.80. The van der Waals surface area contributed by atoms with E-state index < -0.39 is 11.2 Å². The van der Waals surface area contributed by atoms with Gasteiger partial charge in [0.1, 0.15) is 11.2 Å². The number of nitrogens with one attached hydrogen (secondary N) is 1. The molecule has 0 heterocycles. The van der Waals surface area contributed by atoms with Gasteiger partial charge >= 0.3 is 0 Å². The highest BCUT2D eigenvalue weighted by molar-refractivity contribution is 6.32. The zero-order valence-corrected chi connectivity index (χ0v) is 8.86. The van der Waals surface area contributed by atoms with Crippen molar-refractivity contribution in [1.29, 1.82) is 0 Å². The summed E-state index contributed by atoms with van der Waals surface area (Å²) in [5.74, 6) is -0.877. The fourth-order valence-corrected chi connectivity index (χ4v) is 1.05. The van der Waals surface area contributed by atoms with Gasteiger partial charge in [-0.2, -0.15) is 0 Å². The van der Waals surface area contributed by atoms with Crippen LogP contribution in [0.25, 0.3) is 0 Å². The fourth-order valence-electron chi connectivity index (χ4n) is 0.816. The zero-order chi connectivity index (χ0) is 10.7. The number of anilines is 1. The Morgan fingerprint density at radius 2 is 2.21 bits per heavy atom. The minimum Gasteiger partial charge on any atom is -0.325 e. The molecule has 1 amide bonds. The lowest BCUT2D eigenvalue weighted by atomic mass is 10.3. The summed E-state index contributed by atoms with van der Waals surface area (Å²) < 4.78 is 12.7. The first-order valence-corrected chi connectivity index (χ1v) is 4.72. The number of halogens is 3. The number of carbonyl (C=O) groups excluding carboxylic acids is 1. The first-order valence-electron chi connectivity index (χ1n) is 3.90. The molecule has 0 fully saturated rings. The lowest BCUT2D eigenvalue weighted by molar-refractivity contribution is -0.115. The minimum absolute atomic E-state index is 0.0370. The molecule has 0 saturated heterocycles. The molecule has 1 aromatic rings. The Bertz CT molecular complexity index is 355. The van der Waals surface area contributed by atoms with Gasteiger partial charge in [0.2, 0.25) is 5.91 Å². The van der Waals surface area contributed by atoms with Crippen molar-refractivity contribution in [2.24, 2.45) is 0 Å². The van der Waals surface area contributed by atoms with Crippen molar-refractivity contribution in [2.75, 3.05) is 5.32 Å². The Kier molecular flexibility index (Phi) is 3.72. The molecule has 1 unspecified atom stereocenters. The molecule has 0 aliphatic carbocycles. The normalized spacial score (nSPS) is 12.3. The van der Waals surface area contributed by atoms with Gasteiger partial charge in [-0.15, -0.1) is 11.6 Å². The van der Waals surface area contributed by atoms with Crippen molar-refractivity contribution in [3.63, 3.8) is 0 Å². The number of rotatable bonds is 2. The van der Waals surface area contributed by atoms with E-state index >= 15 is 0 Å². The number of hydrogen-bond donors (Lipinski definition) is 1. The molecule has 0 radical (unpaired) electrons. The first-order chi connectivity index (χ1) is 6.50. The summed E-state index contributed by atoms with van der Waals surface area (Å²) >= 11 is 11.0. The monoisotopic (exact) mass is 235 g/mol. The summed E-state index contributed by atoms with van der Waals surface area (Å²) in [5, 5.41) is 1.81. The lowest BCUT2D eigenvalue weighted by Gasteiger charge is -2.06. The summed E-state index contributed by atoms with van der Waals surface area (Å²) in [6, 6.07) is 3.92. The second kappa shape index (κ2) is 4.62. The molecule has 1 atom stereocenters. The molecule has 0 aliphatic rings. The van der Waals surface area contributed by atoms with Crippen molar-refractivity contribution in [1.82, 2.24) is 0 Å². The van der Waals surface area contributed by atoms with Gasteiger partial charge in [0, 0.05) is 5.69 Å². The summed E-state index contributed by atoms with van der Waals surface area (Å²) in [6.45, 7) is 1.54. The molecule has 0 bridgehead atoms. The maximum atomic E-state index is 12.7. The van der Waals surface area contributed by atoms with Crippen LogP contribution in [0.2, 0.25) is 5.02 Å². The molecule has 1 N–H and O–H groups in total. The van der Waals surface area contributed by atoms with E-state index in [0.717, 1.165) is 0 Å². The number of amides is 1. The van der Waals surface area contributed by atoms with E-state index in [0.29, 0.717) is 5.69 Å². The third-order valence-corrected chi connectivity index (χ3v) is 2.04. The SMILES string of the molecule is CC(Cl)C(=O)Nc1ccc(F)c(Cl)c1. The van der Waals surface area contributed by atoms with E-state index in [2.05, 4.69) is 5.32 Å². The third-order valence-electron chi connectivity index (χ3n) is 1.55. The smallest absolute Gasteiger partial charge is 0.242 e. The van der Waals surface area contributed by atoms with Crippen molar-refractivity contribution in [3.8, 4) is 0 Å². The summed E-state index contributed by atoms with van der Waals surface area (Å²) in [6.07, 6.45) is 0. The molecule has 1 rings (SSSR count). The molecule has 0 aliphatic heterocycles. The van der Waals surface area contributed by atoms with Gasteiger partial charge in [-0.05, 0) is 25.1 Å². The molecule has 0 saturated carbocycles. The standard InChI is InChI=1S/C9H8Cl2FNO/c1-5(10)9(14)13-6-2-3-8(12)7(11)4-6/h2-5H,1H3,(H,13,14). The van der Waals surface area contributed by atoms with Crippen LogP contribution in [0.3, 0.4) is 0 Å². The Morgan fingerprint density at radius 3 is 2.71 bits per heavy atom. The van der Waals surface area contributed by atoms with Crippen molar-refractivity contribution < 1.29 is 9.18 Å². The van der Waals surface area contributed by atoms with Gasteiger partial charge in [-0.1, -0.05) is 11.6 Å². The molecule has 0 aromatic heterocycles. The molecular weight excluding hydrogens is 228 g/mol. The summed E-state index contributed by atoms with van der Waals surface area (Å²) in [4.78, 5) is 11.1. The molecular formula is C9H8Cl2FNO. The van der Waals surface area contributed by atoms with Gasteiger partial charge < -0.3 is 5.32 Å². The Balaban J connectivity index is 2.78. The first kappa shape index (κ1) is 11.3. The highest BCUT2D eigenvalue weighted by atomic mass is 35.5. The van der Waals surface area contributed by atoms with Gasteiger partial charge in [0.25, 0.3) is 0 Å². The average molecular weight is 236 g/mol. The highest BCUT2D eigenvalue weighted by Gasteiger charge is 2.09. The van der Waals surface area contributed by atoms with E-state index in [-0.39, 0.29) is 10.9 Å². The van der Waals surface area contributed by atoms with Crippen molar-refractivity contribution in [3.05, 3.63) is 29.0 Å². The Labute approximate surface area is 91.0 Å². The zero-order valence-electron chi connectivity index (χ0n) is 7.35. The topological polar surface area (TPSA) is 29.1 Å². The molecule has 0 spiro atoms. The van der Waals surface area contributed by atoms with E-state index in [1.807, 2.05) is 0 Å². The van der Waals surface area contributed by atoms with Gasteiger partial charge in [-0.3, -0.25) is 4.79 Å². The quantitative estimate of drug-likeness (QED) is 0.785. The Morgan fingerprint density at radius 1 is 1.57 bits per heavy atom. The van der Waals surface area contributed by atoms with Gasteiger partial charge in [-0.25, -0.2) is 4.39 Å². The Hall–Kier alpha value is -0.800. The molecule has 14 heavy (non-hydrogen) atoms. The van der Waals surface area contributed by atoms with Crippen LogP contribution >= 0.6 is 23.2 Å². The van der Waals surface area contributed by atoms with Crippen LogP contribution in [0.5, 0.6) is 0 Å². The van der Waals surface area contributed by atoms with Gasteiger partial charge in [0.05, 0.1) is 5.02 Å². The second-order valence-electron chi connectivity index (χ2n) is 2.73. The summed E-state index contributed by atoms with van der Waals surface area (Å²) in [5.41, 5.74) is 0.425. The number of hydrogen-bond acceptors (Lipinski definition) is 1. The van der Waals surface area contributed by atoms with Crippen LogP contribution in [-0.2, 0) is 4.79 Å². The predicted octanol–water partition coefficient (Wildman–Crippen LogP) is 3.04. The highest BCUT2D eigenvalue weighted by Crippen LogP contribution is 2.19. The van der Waals surface area contributed by atoms with Crippen LogP contribution in [0.1, 0.15) is 6.92 Å². The number of carbonyl (C=O) groups is 1. The molecule has 2 nitrogen and oxygen atoms in total. The fraction of sp³-hybridized carbons (Fsp3) is 0.222. The average Bonchev–Trinajstić information content (AvgIpc) is 2.11. The predicted molar refractivity (Wildman–Crippen MR) is 55.4 cm³/mol. The van der Waals surface area contributed by atoms with Gasteiger partial charge in [0.15, 0.2) is 0 Å². The van der Waals surface area contributed by atoms with Crippen molar-refractivity contribution >= 4 is 34.8 Å². The van der Waals surface area contributed by atoms with Crippen LogP contribution in [0, 0.1) is 5.82 Å². The van der Waals surface area contributed by atoms with Crippen LogP contribution < -0.4 is 5.32 Å². The number of benzene rings is 1. The van der Waals surface area contributed by atoms with Crippen LogP contribution in [-0.4, -0.2) is 11.3 Å². The van der Waals surface area contributed by atoms with Crippen LogP contribution in [0.4, 0.5) is 10.1 Å². The third kappa shape index (κ3) is 2.86. The molecule has 1 aromatic carbocycles. The van der Waals surface area contributed by atoms with Crippen LogP contribution in [0.15, 0.2) is 18.2 Å². The lowest BCUT2D eigenvalue weighted by Crippen LogP contribution is -2.20. The van der Waals surface area contributed by atoms with E-state index in [9.17, 15) is 9.18 Å². The maximum Gasteiger partial charge on any atom is 0.242 e. The summed E-state index contributed by atoms with van der Waals surface area (Å²) in [7, 11) is 0.